The molecule has 0 spiro atoms. The van der Waals surface area contributed by atoms with Gasteiger partial charge in [0.2, 0.25) is 0 Å². The van der Waals surface area contributed by atoms with Gasteiger partial charge in [0.25, 0.3) is 0 Å². The third-order valence-electron chi connectivity index (χ3n) is 3.11. The van der Waals surface area contributed by atoms with Crippen molar-refractivity contribution in [2.24, 2.45) is 0 Å². The van der Waals surface area contributed by atoms with E-state index in [1.807, 2.05) is 25.1 Å². The number of H-pyrrole nitrogens is 1. The zero-order chi connectivity index (χ0) is 15.1. The predicted octanol–water partition coefficient (Wildman–Crippen LogP) is 3.83. The van der Waals surface area contributed by atoms with Gasteiger partial charge in [-0.25, -0.2) is 4.98 Å². The Morgan fingerprint density at radius 3 is 2.95 bits per heavy atom. The van der Waals surface area contributed by atoms with Gasteiger partial charge in [0.05, 0.1) is 17.6 Å². The molecule has 21 heavy (non-hydrogen) atoms. The highest BCUT2D eigenvalue weighted by atomic mass is 32.2. The maximum absolute atomic E-state index is 5.51. The molecule has 0 aliphatic heterocycles. The molecule has 4 nitrogen and oxygen atoms in total. The van der Waals surface area contributed by atoms with Gasteiger partial charge >= 0.3 is 0 Å². The summed E-state index contributed by atoms with van der Waals surface area (Å²) < 4.78 is 5.51. The predicted molar refractivity (Wildman–Crippen MR) is 90.4 cm³/mol. The van der Waals surface area contributed by atoms with Crippen molar-refractivity contribution in [3.8, 4) is 5.75 Å². The van der Waals surface area contributed by atoms with Crippen LogP contribution in [-0.4, -0.2) is 34.9 Å². The van der Waals surface area contributed by atoms with Crippen LogP contribution in [0.15, 0.2) is 23.4 Å². The highest BCUT2D eigenvalue weighted by molar-refractivity contribution is 7.99. The molecule has 0 bridgehead atoms. The average molecular weight is 307 g/mol. The second-order valence-corrected chi connectivity index (χ2v) is 6.40. The van der Waals surface area contributed by atoms with Gasteiger partial charge in [-0.05, 0) is 38.4 Å². The molecular formula is C16H25N3OS. The van der Waals surface area contributed by atoms with Crippen molar-refractivity contribution in [3.63, 3.8) is 0 Å². The third-order valence-corrected chi connectivity index (χ3v) is 4.06. The summed E-state index contributed by atoms with van der Waals surface area (Å²) in [4.78, 5) is 7.96. The van der Waals surface area contributed by atoms with E-state index in [0.29, 0.717) is 12.6 Å². The fourth-order valence-electron chi connectivity index (χ4n) is 2.08. The van der Waals surface area contributed by atoms with E-state index >= 15 is 0 Å². The Bertz CT molecular complexity index is 553. The van der Waals surface area contributed by atoms with Crippen LogP contribution in [0.1, 0.15) is 33.6 Å². The Morgan fingerprint density at radius 1 is 1.33 bits per heavy atom. The SMILES string of the molecule is CCOc1ccc2nc(SCCCCNC(C)C)[nH]c2c1. The van der Waals surface area contributed by atoms with Gasteiger partial charge in [0.15, 0.2) is 5.16 Å². The first-order valence-corrected chi connectivity index (χ1v) is 8.66. The molecule has 1 heterocycles. The first-order chi connectivity index (χ1) is 10.2. The second kappa shape index (κ2) is 8.29. The summed E-state index contributed by atoms with van der Waals surface area (Å²) in [6.07, 6.45) is 2.41. The van der Waals surface area contributed by atoms with Crippen LogP contribution in [0.4, 0.5) is 0 Å². The van der Waals surface area contributed by atoms with Gasteiger partial charge in [-0.15, -0.1) is 0 Å². The van der Waals surface area contributed by atoms with Crippen LogP contribution in [0.2, 0.25) is 0 Å². The van der Waals surface area contributed by atoms with Gasteiger partial charge in [0.1, 0.15) is 5.75 Å². The van der Waals surface area contributed by atoms with E-state index in [4.69, 9.17) is 4.74 Å². The van der Waals surface area contributed by atoms with Crippen molar-refractivity contribution in [3.05, 3.63) is 18.2 Å². The summed E-state index contributed by atoms with van der Waals surface area (Å²) in [5.74, 6) is 1.99. The van der Waals surface area contributed by atoms with Crippen molar-refractivity contribution in [1.82, 2.24) is 15.3 Å². The summed E-state index contributed by atoms with van der Waals surface area (Å²) in [6.45, 7) is 8.13. The molecule has 0 atom stereocenters. The minimum Gasteiger partial charge on any atom is -0.494 e. The second-order valence-electron chi connectivity index (χ2n) is 5.32. The quantitative estimate of drug-likeness (QED) is 0.546. The Hall–Kier alpha value is -1.20. The Kier molecular flexibility index (Phi) is 6.39. The van der Waals surface area contributed by atoms with E-state index in [0.717, 1.165) is 34.2 Å². The standard InChI is InChI=1S/C16H25N3OS/c1-4-20-13-7-8-14-15(11-13)19-16(18-14)21-10-6-5-9-17-12(2)3/h7-8,11-12,17H,4-6,9-10H2,1-3H3,(H,18,19). The molecular weight excluding hydrogens is 282 g/mol. The molecule has 5 heteroatoms. The van der Waals surface area contributed by atoms with Crippen LogP contribution in [-0.2, 0) is 0 Å². The molecule has 2 rings (SSSR count). The molecule has 2 aromatic rings. The van der Waals surface area contributed by atoms with Crippen LogP contribution in [0.3, 0.4) is 0 Å². The topological polar surface area (TPSA) is 49.9 Å². The average Bonchev–Trinajstić information content (AvgIpc) is 2.84. The minimum absolute atomic E-state index is 0.576. The number of thioether (sulfide) groups is 1. The lowest BCUT2D eigenvalue weighted by atomic mass is 10.3. The largest absolute Gasteiger partial charge is 0.494 e. The number of imidazole rings is 1. The highest BCUT2D eigenvalue weighted by Crippen LogP contribution is 2.23. The number of aromatic nitrogens is 2. The van der Waals surface area contributed by atoms with Gasteiger partial charge in [0, 0.05) is 17.9 Å². The lowest BCUT2D eigenvalue weighted by molar-refractivity contribution is 0.340. The monoisotopic (exact) mass is 307 g/mol. The molecule has 0 radical (unpaired) electrons. The number of hydrogen-bond acceptors (Lipinski definition) is 4. The van der Waals surface area contributed by atoms with Crippen LogP contribution < -0.4 is 10.1 Å². The Balaban J connectivity index is 1.80. The van der Waals surface area contributed by atoms with E-state index in [1.165, 1.54) is 12.8 Å². The smallest absolute Gasteiger partial charge is 0.166 e. The first-order valence-electron chi connectivity index (χ1n) is 7.67. The number of ether oxygens (including phenoxy) is 1. The minimum atomic E-state index is 0.576. The molecule has 0 amide bonds. The molecule has 0 fully saturated rings. The number of nitrogens with zero attached hydrogens (tertiary/aromatic N) is 1. The van der Waals surface area contributed by atoms with Crippen LogP contribution in [0.5, 0.6) is 5.75 Å². The van der Waals surface area contributed by atoms with Gasteiger partial charge in [-0.1, -0.05) is 25.6 Å². The number of aromatic amines is 1. The highest BCUT2D eigenvalue weighted by Gasteiger charge is 2.04. The summed E-state index contributed by atoms with van der Waals surface area (Å²) >= 11 is 1.79. The summed E-state index contributed by atoms with van der Waals surface area (Å²) in [5, 5.41) is 4.43. The molecule has 1 aromatic heterocycles. The van der Waals surface area contributed by atoms with Crippen molar-refractivity contribution in [2.45, 2.75) is 44.8 Å². The van der Waals surface area contributed by atoms with Gasteiger partial charge < -0.3 is 15.0 Å². The van der Waals surface area contributed by atoms with Gasteiger partial charge in [-0.2, -0.15) is 0 Å². The number of rotatable bonds is 9. The van der Waals surface area contributed by atoms with Gasteiger partial charge in [-0.3, -0.25) is 0 Å². The molecule has 116 valence electrons. The fraction of sp³-hybridized carbons (Fsp3) is 0.562. The number of hydrogen-bond donors (Lipinski definition) is 2. The molecule has 0 aliphatic carbocycles. The third kappa shape index (κ3) is 5.25. The number of unbranched alkanes of at least 4 members (excludes halogenated alkanes) is 1. The van der Waals surface area contributed by atoms with E-state index in [2.05, 4.69) is 29.1 Å². The number of benzene rings is 1. The molecule has 0 unspecified atom stereocenters. The van der Waals surface area contributed by atoms with Crippen LogP contribution in [0.25, 0.3) is 11.0 Å². The molecule has 0 aliphatic rings. The van der Waals surface area contributed by atoms with Crippen molar-refractivity contribution < 1.29 is 4.74 Å². The maximum atomic E-state index is 5.51. The summed E-state index contributed by atoms with van der Waals surface area (Å²) in [6, 6.07) is 6.57. The number of fused-ring (bicyclic) bond motifs is 1. The summed E-state index contributed by atoms with van der Waals surface area (Å²) in [5.41, 5.74) is 2.05. The zero-order valence-electron chi connectivity index (χ0n) is 13.1. The zero-order valence-corrected chi connectivity index (χ0v) is 13.9. The lowest BCUT2D eigenvalue weighted by Crippen LogP contribution is -2.23. The van der Waals surface area contributed by atoms with Crippen molar-refractivity contribution >= 4 is 22.8 Å². The normalized spacial score (nSPS) is 11.4. The molecule has 1 aromatic carbocycles. The van der Waals surface area contributed by atoms with E-state index in [-0.39, 0.29) is 0 Å². The lowest BCUT2D eigenvalue weighted by Gasteiger charge is -2.06. The Labute approximate surface area is 131 Å². The van der Waals surface area contributed by atoms with Crippen LogP contribution in [0, 0.1) is 0 Å². The van der Waals surface area contributed by atoms with E-state index < -0.39 is 0 Å². The molecule has 2 N–H and O–H groups in total. The van der Waals surface area contributed by atoms with Crippen molar-refractivity contribution in [1.29, 1.82) is 0 Å². The molecule has 0 saturated carbocycles. The van der Waals surface area contributed by atoms with E-state index in [1.54, 1.807) is 11.8 Å². The first kappa shape index (κ1) is 16.2. The molecule has 0 saturated heterocycles. The fourth-order valence-corrected chi connectivity index (χ4v) is 2.96. The van der Waals surface area contributed by atoms with E-state index in [9.17, 15) is 0 Å². The maximum Gasteiger partial charge on any atom is 0.166 e. The Morgan fingerprint density at radius 2 is 2.19 bits per heavy atom. The summed E-state index contributed by atoms with van der Waals surface area (Å²) in [7, 11) is 0. The number of nitrogens with one attached hydrogen (secondary N) is 2. The van der Waals surface area contributed by atoms with Crippen LogP contribution >= 0.6 is 11.8 Å². The van der Waals surface area contributed by atoms with Crippen molar-refractivity contribution in [2.75, 3.05) is 18.9 Å².